The minimum atomic E-state index is -2.71. The summed E-state index contributed by atoms with van der Waals surface area (Å²) < 4.78 is 28.1. The van der Waals surface area contributed by atoms with E-state index >= 15 is 0 Å². The third-order valence-electron chi connectivity index (χ3n) is 7.28. The molecule has 2 aromatic carbocycles. The first kappa shape index (κ1) is 19.7. The molecule has 31 heavy (non-hydrogen) atoms. The van der Waals surface area contributed by atoms with Gasteiger partial charge in [0.2, 0.25) is 5.92 Å². The molecule has 2 aliphatic carbocycles. The van der Waals surface area contributed by atoms with E-state index in [1.807, 2.05) is 30.3 Å². The van der Waals surface area contributed by atoms with Gasteiger partial charge in [-0.15, -0.1) is 0 Å². The predicted octanol–water partition coefficient (Wildman–Crippen LogP) is 4.64. The number of fused-ring (bicyclic) bond motifs is 3. The molecule has 1 unspecified atom stereocenters. The van der Waals surface area contributed by atoms with E-state index in [0.717, 1.165) is 22.3 Å². The van der Waals surface area contributed by atoms with Gasteiger partial charge < -0.3 is 5.73 Å². The third-order valence-corrected chi connectivity index (χ3v) is 7.28. The number of guanidine groups is 1. The summed E-state index contributed by atoms with van der Waals surface area (Å²) in [6.45, 7) is 7.27. The molecule has 1 aliphatic heterocycles. The van der Waals surface area contributed by atoms with Crippen molar-refractivity contribution in [2.75, 3.05) is 7.05 Å². The van der Waals surface area contributed by atoms with Crippen molar-refractivity contribution in [1.82, 2.24) is 4.90 Å². The molecule has 0 aromatic heterocycles. The summed E-state index contributed by atoms with van der Waals surface area (Å²) in [6.07, 6.45) is 0.447. The molecular weight excluding hydrogens is 398 g/mol. The summed E-state index contributed by atoms with van der Waals surface area (Å²) >= 11 is 0. The molecule has 0 radical (unpaired) electrons. The van der Waals surface area contributed by atoms with Crippen molar-refractivity contribution in [2.45, 2.75) is 43.6 Å². The van der Waals surface area contributed by atoms with Gasteiger partial charge in [-0.05, 0) is 53.6 Å². The highest BCUT2D eigenvalue weighted by molar-refractivity contribution is 6.08. The van der Waals surface area contributed by atoms with Crippen molar-refractivity contribution in [3.63, 3.8) is 0 Å². The van der Waals surface area contributed by atoms with Crippen LogP contribution in [0.25, 0.3) is 16.0 Å². The molecule has 1 saturated carbocycles. The number of benzene rings is 2. The number of hydrogen-bond acceptors (Lipinski definition) is 3. The van der Waals surface area contributed by atoms with Crippen LogP contribution in [-0.4, -0.2) is 29.7 Å². The molecule has 2 N–H and O–H groups in total. The molecule has 1 heterocycles. The number of alkyl halides is 2. The van der Waals surface area contributed by atoms with Crippen LogP contribution in [0.15, 0.2) is 47.5 Å². The summed E-state index contributed by atoms with van der Waals surface area (Å²) in [5, 5.41) is 0. The Morgan fingerprint density at radius 3 is 2.45 bits per heavy atom. The second-order valence-corrected chi connectivity index (χ2v) is 8.89. The Balaban J connectivity index is 1.69. The van der Waals surface area contributed by atoms with Crippen molar-refractivity contribution in [2.24, 2.45) is 16.1 Å². The van der Waals surface area contributed by atoms with Crippen LogP contribution in [0.2, 0.25) is 0 Å². The Bertz CT molecular complexity index is 1170. The highest BCUT2D eigenvalue weighted by Crippen LogP contribution is 2.63. The Hall–Kier alpha value is -3.27. The van der Waals surface area contributed by atoms with Gasteiger partial charge in [0.25, 0.3) is 5.91 Å². The van der Waals surface area contributed by atoms with Crippen LogP contribution in [0.5, 0.6) is 0 Å². The molecular formula is C24H22F2N4O. The predicted molar refractivity (Wildman–Crippen MR) is 114 cm³/mol. The number of halogens is 2. The Morgan fingerprint density at radius 2 is 1.81 bits per heavy atom. The van der Waals surface area contributed by atoms with E-state index in [1.54, 1.807) is 19.2 Å². The summed E-state index contributed by atoms with van der Waals surface area (Å²) in [7, 11) is 1.59. The Kier molecular flexibility index (Phi) is 4.04. The highest BCUT2D eigenvalue weighted by Gasteiger charge is 2.67. The minimum Gasteiger partial charge on any atom is -0.369 e. The normalized spacial score (nSPS) is 25.5. The number of rotatable bonds is 1. The van der Waals surface area contributed by atoms with E-state index in [-0.39, 0.29) is 37.6 Å². The quantitative estimate of drug-likeness (QED) is 0.684. The molecule has 1 fully saturated rings. The number of hydrogen-bond donors (Lipinski definition) is 1. The van der Waals surface area contributed by atoms with Gasteiger partial charge in [-0.1, -0.05) is 30.3 Å². The fourth-order valence-corrected chi connectivity index (χ4v) is 5.58. The van der Waals surface area contributed by atoms with E-state index < -0.39 is 16.9 Å². The largest absolute Gasteiger partial charge is 0.369 e. The SMILES string of the molecule is [C-]#[N+]c1cccc(-c2ccc3c(c2)C2(N=C(N)N(C)C2=O)C2(CCC(F)(F)CC2)C3)c1. The molecule has 7 heteroatoms. The van der Waals surface area contributed by atoms with Crippen LogP contribution in [0.4, 0.5) is 14.5 Å². The van der Waals surface area contributed by atoms with E-state index in [0.29, 0.717) is 12.1 Å². The standard InChI is InChI=1S/C24H22F2N4O/c1-28-18-5-3-4-15(12-18)16-6-7-17-14-22(8-10-23(25,26)11-9-22)24(19(17)13-16)20(31)30(2)21(27)29-24/h3-7,12-13H,8-11,14H2,2H3,(H2,27,29). The summed E-state index contributed by atoms with van der Waals surface area (Å²) in [5.74, 6) is -2.84. The van der Waals surface area contributed by atoms with Crippen molar-refractivity contribution >= 4 is 17.6 Å². The first-order chi connectivity index (χ1) is 14.7. The van der Waals surface area contributed by atoms with Gasteiger partial charge in [-0.25, -0.2) is 18.6 Å². The van der Waals surface area contributed by atoms with Crippen molar-refractivity contribution < 1.29 is 13.6 Å². The molecule has 2 spiro atoms. The zero-order chi connectivity index (χ0) is 22.0. The van der Waals surface area contributed by atoms with Gasteiger partial charge in [0.15, 0.2) is 17.2 Å². The summed E-state index contributed by atoms with van der Waals surface area (Å²) in [4.78, 5) is 23.1. The third kappa shape index (κ3) is 2.64. The second-order valence-electron chi connectivity index (χ2n) is 8.89. The van der Waals surface area contributed by atoms with Gasteiger partial charge in [-0.3, -0.25) is 9.69 Å². The first-order valence-electron chi connectivity index (χ1n) is 10.3. The van der Waals surface area contributed by atoms with Crippen molar-refractivity contribution in [3.8, 4) is 11.1 Å². The molecule has 5 nitrogen and oxygen atoms in total. The average Bonchev–Trinajstić information content (AvgIpc) is 3.17. The number of amides is 1. The molecule has 0 bridgehead atoms. The van der Waals surface area contributed by atoms with E-state index in [2.05, 4.69) is 4.85 Å². The zero-order valence-corrected chi connectivity index (χ0v) is 17.2. The van der Waals surface area contributed by atoms with E-state index in [4.69, 9.17) is 17.3 Å². The fraction of sp³-hybridized carbons (Fsp3) is 0.375. The first-order valence-corrected chi connectivity index (χ1v) is 10.3. The number of nitrogens with zero attached hydrogens (tertiary/aromatic N) is 3. The van der Waals surface area contributed by atoms with Gasteiger partial charge in [0, 0.05) is 25.3 Å². The van der Waals surface area contributed by atoms with E-state index in [1.165, 1.54) is 4.90 Å². The molecule has 1 amide bonds. The second kappa shape index (κ2) is 6.36. The maximum absolute atomic E-state index is 14.1. The van der Waals surface area contributed by atoms with Gasteiger partial charge in [0.05, 0.1) is 6.57 Å². The van der Waals surface area contributed by atoms with Crippen molar-refractivity contribution in [1.29, 1.82) is 0 Å². The molecule has 1 atom stereocenters. The van der Waals surface area contributed by atoms with Crippen LogP contribution < -0.4 is 5.73 Å². The number of nitrogens with two attached hydrogens (primary N) is 1. The smallest absolute Gasteiger partial charge is 0.262 e. The molecule has 5 rings (SSSR count). The van der Waals surface area contributed by atoms with E-state index in [9.17, 15) is 13.6 Å². The van der Waals surface area contributed by atoms with Crippen LogP contribution in [0.1, 0.15) is 36.8 Å². The van der Waals surface area contributed by atoms with Crippen LogP contribution in [0, 0.1) is 12.0 Å². The molecule has 3 aliphatic rings. The van der Waals surface area contributed by atoms with Crippen LogP contribution in [0.3, 0.4) is 0 Å². The lowest BCUT2D eigenvalue weighted by atomic mass is 9.61. The van der Waals surface area contributed by atoms with Crippen LogP contribution >= 0.6 is 0 Å². The molecule has 158 valence electrons. The lowest BCUT2D eigenvalue weighted by Crippen LogP contribution is -2.52. The van der Waals surface area contributed by atoms with Crippen molar-refractivity contribution in [3.05, 3.63) is 65.0 Å². The lowest BCUT2D eigenvalue weighted by molar-refractivity contribution is -0.140. The minimum absolute atomic E-state index is 0.120. The zero-order valence-electron chi connectivity index (χ0n) is 17.2. The number of carbonyl (C=O) groups is 1. The maximum atomic E-state index is 14.1. The fourth-order valence-electron chi connectivity index (χ4n) is 5.58. The van der Waals surface area contributed by atoms with Gasteiger partial charge >= 0.3 is 0 Å². The Morgan fingerprint density at radius 1 is 1.10 bits per heavy atom. The lowest BCUT2D eigenvalue weighted by Gasteiger charge is -2.45. The topological polar surface area (TPSA) is 63.0 Å². The number of carbonyl (C=O) groups excluding carboxylic acids is 1. The Labute approximate surface area is 179 Å². The van der Waals surface area contributed by atoms with Gasteiger partial charge in [-0.2, -0.15) is 0 Å². The average molecular weight is 420 g/mol. The highest BCUT2D eigenvalue weighted by atomic mass is 19.3. The maximum Gasteiger partial charge on any atom is 0.262 e. The summed E-state index contributed by atoms with van der Waals surface area (Å²) in [6, 6.07) is 13.1. The van der Waals surface area contributed by atoms with Gasteiger partial charge in [0.1, 0.15) is 0 Å². The molecule has 2 aromatic rings. The number of likely N-dealkylation sites (N-methyl/N-ethyl adjacent to an activating group) is 1. The van der Waals surface area contributed by atoms with Crippen LogP contribution in [-0.2, 0) is 16.8 Å². The summed E-state index contributed by atoms with van der Waals surface area (Å²) in [5.41, 5.74) is 8.05. The molecule has 0 saturated heterocycles. The number of aliphatic imine (C=N–C) groups is 1. The monoisotopic (exact) mass is 420 g/mol.